The number of benzene rings is 1. The number of nitrogens with zero attached hydrogens (tertiary/aromatic N) is 4. The van der Waals surface area contributed by atoms with Crippen molar-refractivity contribution in [3.63, 3.8) is 0 Å². The van der Waals surface area contributed by atoms with Crippen molar-refractivity contribution >= 4 is 28.1 Å². The van der Waals surface area contributed by atoms with Crippen molar-refractivity contribution in [2.24, 2.45) is 0 Å². The number of carbonyl (C=O) groups excluding carboxylic acids is 1. The van der Waals surface area contributed by atoms with Crippen molar-refractivity contribution in [1.29, 1.82) is 0 Å². The van der Waals surface area contributed by atoms with Gasteiger partial charge in [-0.2, -0.15) is 0 Å². The van der Waals surface area contributed by atoms with Crippen LogP contribution < -0.4 is 5.56 Å². The smallest absolute Gasteiger partial charge is 0.278 e. The number of rotatable bonds is 5. The van der Waals surface area contributed by atoms with Gasteiger partial charge in [-0.25, -0.2) is 4.68 Å². The van der Waals surface area contributed by atoms with Crippen molar-refractivity contribution < 1.29 is 4.79 Å². The maximum absolute atomic E-state index is 12.5. The Morgan fingerprint density at radius 3 is 2.83 bits per heavy atom. The summed E-state index contributed by atoms with van der Waals surface area (Å²) in [6, 6.07) is 10.9. The Kier molecular flexibility index (Phi) is 4.47. The molecule has 23 heavy (non-hydrogen) atoms. The monoisotopic (exact) mass is 328 g/mol. The summed E-state index contributed by atoms with van der Waals surface area (Å²) in [5.41, 5.74) is 0.239. The molecule has 0 aliphatic carbocycles. The van der Waals surface area contributed by atoms with Crippen LogP contribution in [0, 0.1) is 0 Å². The first-order valence-corrected chi connectivity index (χ1v) is 8.19. The molecule has 0 unspecified atom stereocenters. The number of aromatic nitrogens is 3. The Hall–Kier alpha value is -2.54. The zero-order valence-corrected chi connectivity index (χ0v) is 13.5. The standard InChI is InChI=1S/C16H16N4O2S/c1-2-19(10-12-6-5-9-23-12)15(21)11-20-16(22)13-7-3-4-8-14(13)17-18-20/h3-9H,2,10-11H2,1H3. The molecule has 7 heteroatoms. The van der Waals surface area contributed by atoms with Gasteiger partial charge in [0.2, 0.25) is 5.91 Å². The Morgan fingerprint density at radius 1 is 1.26 bits per heavy atom. The highest BCUT2D eigenvalue weighted by Crippen LogP contribution is 2.12. The number of hydrogen-bond acceptors (Lipinski definition) is 5. The summed E-state index contributed by atoms with van der Waals surface area (Å²) < 4.78 is 1.13. The second kappa shape index (κ2) is 6.70. The third-order valence-electron chi connectivity index (χ3n) is 3.58. The largest absolute Gasteiger partial charge is 0.336 e. The van der Waals surface area contributed by atoms with E-state index in [1.165, 1.54) is 0 Å². The van der Waals surface area contributed by atoms with Crippen molar-refractivity contribution in [2.75, 3.05) is 6.54 Å². The van der Waals surface area contributed by atoms with Crippen LogP contribution in [0.2, 0.25) is 0 Å². The molecular weight excluding hydrogens is 312 g/mol. The molecule has 0 bridgehead atoms. The molecule has 3 rings (SSSR count). The zero-order chi connectivity index (χ0) is 16.2. The van der Waals surface area contributed by atoms with E-state index in [2.05, 4.69) is 10.3 Å². The first-order valence-electron chi connectivity index (χ1n) is 7.31. The van der Waals surface area contributed by atoms with Gasteiger partial charge < -0.3 is 4.90 Å². The van der Waals surface area contributed by atoms with Crippen molar-refractivity contribution in [2.45, 2.75) is 20.0 Å². The summed E-state index contributed by atoms with van der Waals surface area (Å²) in [4.78, 5) is 27.7. The summed E-state index contributed by atoms with van der Waals surface area (Å²) in [5.74, 6) is -0.146. The summed E-state index contributed by atoms with van der Waals surface area (Å²) in [7, 11) is 0. The minimum atomic E-state index is -0.295. The highest BCUT2D eigenvalue weighted by atomic mass is 32.1. The second-order valence-electron chi connectivity index (χ2n) is 5.06. The number of amides is 1. The average molecular weight is 328 g/mol. The van der Waals surface area contributed by atoms with Gasteiger partial charge in [0.25, 0.3) is 5.56 Å². The quantitative estimate of drug-likeness (QED) is 0.717. The SMILES string of the molecule is CCN(Cc1cccs1)C(=O)Cn1nnc2ccccc2c1=O. The predicted octanol–water partition coefficient (Wildman–Crippen LogP) is 1.90. The van der Waals surface area contributed by atoms with E-state index in [0.29, 0.717) is 24.0 Å². The van der Waals surface area contributed by atoms with E-state index in [-0.39, 0.29) is 18.0 Å². The van der Waals surface area contributed by atoms with E-state index in [1.54, 1.807) is 40.5 Å². The Balaban J connectivity index is 1.81. The second-order valence-corrected chi connectivity index (χ2v) is 6.09. The van der Waals surface area contributed by atoms with Crippen LogP contribution in [0.25, 0.3) is 10.9 Å². The third-order valence-corrected chi connectivity index (χ3v) is 4.44. The van der Waals surface area contributed by atoms with Crippen LogP contribution in [0.15, 0.2) is 46.6 Å². The van der Waals surface area contributed by atoms with Gasteiger partial charge in [-0.3, -0.25) is 9.59 Å². The molecule has 6 nitrogen and oxygen atoms in total. The van der Waals surface area contributed by atoms with Gasteiger partial charge in [0.05, 0.1) is 11.9 Å². The fourth-order valence-corrected chi connectivity index (χ4v) is 3.04. The minimum absolute atomic E-state index is 0.101. The average Bonchev–Trinajstić information content (AvgIpc) is 3.08. The van der Waals surface area contributed by atoms with E-state index in [9.17, 15) is 9.59 Å². The first kappa shape index (κ1) is 15.4. The van der Waals surface area contributed by atoms with Gasteiger partial charge >= 0.3 is 0 Å². The first-order chi connectivity index (χ1) is 11.2. The topological polar surface area (TPSA) is 68.1 Å². The molecule has 0 saturated carbocycles. The fourth-order valence-electron chi connectivity index (χ4n) is 2.32. The van der Waals surface area contributed by atoms with Crippen LogP contribution in [0.5, 0.6) is 0 Å². The molecule has 118 valence electrons. The molecule has 1 aromatic carbocycles. The van der Waals surface area contributed by atoms with Crippen molar-refractivity contribution in [1.82, 2.24) is 19.9 Å². The number of fused-ring (bicyclic) bond motifs is 1. The number of thiophene rings is 1. The van der Waals surface area contributed by atoms with Gasteiger partial charge in [-0.1, -0.05) is 23.4 Å². The molecule has 2 aromatic heterocycles. The normalized spacial score (nSPS) is 10.8. The summed E-state index contributed by atoms with van der Waals surface area (Å²) in [6.07, 6.45) is 0. The van der Waals surface area contributed by atoms with Crippen molar-refractivity contribution in [3.8, 4) is 0 Å². The molecule has 1 amide bonds. The maximum Gasteiger partial charge on any atom is 0.278 e. The summed E-state index contributed by atoms with van der Waals surface area (Å²) >= 11 is 1.60. The van der Waals surface area contributed by atoms with Crippen LogP contribution in [-0.4, -0.2) is 32.3 Å². The minimum Gasteiger partial charge on any atom is -0.336 e. The van der Waals surface area contributed by atoms with E-state index in [0.717, 1.165) is 9.56 Å². The van der Waals surface area contributed by atoms with Crippen LogP contribution in [0.3, 0.4) is 0 Å². The Bertz CT molecular complexity index is 873. The molecule has 0 aliphatic rings. The number of likely N-dealkylation sites (N-methyl/N-ethyl adjacent to an activating group) is 1. The highest BCUT2D eigenvalue weighted by Gasteiger charge is 2.15. The van der Waals surface area contributed by atoms with Crippen molar-refractivity contribution in [3.05, 3.63) is 57.0 Å². The lowest BCUT2D eigenvalue weighted by molar-refractivity contribution is -0.132. The fraction of sp³-hybridized carbons (Fsp3) is 0.250. The lowest BCUT2D eigenvalue weighted by Crippen LogP contribution is -2.37. The Morgan fingerprint density at radius 2 is 2.09 bits per heavy atom. The molecule has 0 N–H and O–H groups in total. The van der Waals surface area contributed by atoms with E-state index < -0.39 is 0 Å². The number of carbonyl (C=O) groups is 1. The Labute approximate surface area is 137 Å². The molecule has 0 saturated heterocycles. The van der Waals surface area contributed by atoms with Gasteiger partial charge in [0.1, 0.15) is 12.1 Å². The lowest BCUT2D eigenvalue weighted by Gasteiger charge is -2.20. The maximum atomic E-state index is 12.5. The molecular formula is C16H16N4O2S. The predicted molar refractivity (Wildman–Crippen MR) is 89.2 cm³/mol. The van der Waals surface area contributed by atoms with Gasteiger partial charge in [-0.15, -0.1) is 16.4 Å². The summed E-state index contributed by atoms with van der Waals surface area (Å²) in [6.45, 7) is 2.94. The zero-order valence-electron chi connectivity index (χ0n) is 12.7. The molecule has 0 atom stereocenters. The summed E-state index contributed by atoms with van der Waals surface area (Å²) in [5, 5.41) is 10.3. The van der Waals surface area contributed by atoms with E-state index in [4.69, 9.17) is 0 Å². The van der Waals surface area contributed by atoms with Gasteiger partial charge in [0.15, 0.2) is 0 Å². The van der Waals surface area contributed by atoms with Gasteiger partial charge in [0, 0.05) is 11.4 Å². The highest BCUT2D eigenvalue weighted by molar-refractivity contribution is 7.09. The molecule has 0 spiro atoms. The molecule has 0 aliphatic heterocycles. The van der Waals surface area contributed by atoms with E-state index >= 15 is 0 Å². The third kappa shape index (κ3) is 3.29. The van der Waals surface area contributed by atoms with Crippen LogP contribution in [-0.2, 0) is 17.9 Å². The lowest BCUT2D eigenvalue weighted by atomic mass is 10.2. The van der Waals surface area contributed by atoms with Gasteiger partial charge in [-0.05, 0) is 30.5 Å². The van der Waals surface area contributed by atoms with Crippen LogP contribution in [0.1, 0.15) is 11.8 Å². The molecule has 0 radical (unpaired) electrons. The van der Waals surface area contributed by atoms with E-state index in [1.807, 2.05) is 24.4 Å². The van der Waals surface area contributed by atoms with Crippen LogP contribution in [0.4, 0.5) is 0 Å². The molecule has 2 heterocycles. The molecule has 0 fully saturated rings. The number of hydrogen-bond donors (Lipinski definition) is 0. The van der Waals surface area contributed by atoms with Crippen LogP contribution >= 0.6 is 11.3 Å². The molecule has 3 aromatic rings.